The average Bonchev–Trinajstić information content (AvgIpc) is 2.65. The highest BCUT2D eigenvalue weighted by Crippen LogP contribution is 2.43. The SMILES string of the molecule is CN1C=Nc2ccnc3sc(C(=O)O)c1c23. The third-order valence-electron chi connectivity index (χ3n) is 2.46. The summed E-state index contributed by atoms with van der Waals surface area (Å²) < 4.78 is 0. The van der Waals surface area contributed by atoms with Crippen LogP contribution in [0.2, 0.25) is 0 Å². The monoisotopic (exact) mass is 233 g/mol. The number of anilines is 1. The highest BCUT2D eigenvalue weighted by atomic mass is 32.1. The Morgan fingerprint density at radius 3 is 3.12 bits per heavy atom. The van der Waals surface area contributed by atoms with Gasteiger partial charge in [0.1, 0.15) is 9.71 Å². The highest BCUT2D eigenvalue weighted by molar-refractivity contribution is 7.21. The number of nitrogens with zero attached hydrogens (tertiary/aromatic N) is 3. The van der Waals surface area contributed by atoms with E-state index in [1.807, 2.05) is 0 Å². The first-order valence-corrected chi connectivity index (χ1v) is 5.42. The van der Waals surface area contributed by atoms with Crippen LogP contribution in [-0.4, -0.2) is 29.4 Å². The molecule has 0 fully saturated rings. The average molecular weight is 233 g/mol. The number of thiophene rings is 1. The Bertz CT molecular complexity index is 632. The first-order chi connectivity index (χ1) is 7.68. The molecule has 2 aromatic heterocycles. The van der Waals surface area contributed by atoms with Gasteiger partial charge in [0, 0.05) is 13.2 Å². The molecule has 0 radical (unpaired) electrons. The summed E-state index contributed by atoms with van der Waals surface area (Å²) in [5.74, 6) is -0.925. The van der Waals surface area contributed by atoms with Crippen LogP contribution >= 0.6 is 11.3 Å². The third kappa shape index (κ3) is 1.07. The minimum absolute atomic E-state index is 0.309. The number of rotatable bonds is 1. The van der Waals surface area contributed by atoms with E-state index < -0.39 is 5.97 Å². The van der Waals surface area contributed by atoms with E-state index in [0.717, 1.165) is 11.1 Å². The lowest BCUT2D eigenvalue weighted by atomic mass is 10.2. The van der Waals surface area contributed by atoms with Crippen LogP contribution in [0.1, 0.15) is 9.67 Å². The maximum absolute atomic E-state index is 11.1. The van der Waals surface area contributed by atoms with Gasteiger partial charge in [-0.1, -0.05) is 0 Å². The van der Waals surface area contributed by atoms with E-state index in [1.54, 1.807) is 30.5 Å². The van der Waals surface area contributed by atoms with Crippen molar-refractivity contribution in [1.29, 1.82) is 0 Å². The lowest BCUT2D eigenvalue weighted by Crippen LogP contribution is -2.18. The van der Waals surface area contributed by atoms with Crippen molar-refractivity contribution in [3.05, 3.63) is 17.1 Å². The van der Waals surface area contributed by atoms with Gasteiger partial charge < -0.3 is 10.0 Å². The highest BCUT2D eigenvalue weighted by Gasteiger charge is 2.24. The minimum atomic E-state index is -0.925. The van der Waals surface area contributed by atoms with Crippen LogP contribution in [0.4, 0.5) is 11.4 Å². The summed E-state index contributed by atoms with van der Waals surface area (Å²) in [6.07, 6.45) is 3.27. The molecular formula is C10H7N3O2S. The second kappa shape index (κ2) is 3.02. The standard InChI is InChI=1S/C10H7N3O2S/c1-13-4-12-5-2-3-11-9-6(5)7(13)8(16-9)10(14)15/h2-4H,1H3,(H,14,15). The van der Waals surface area contributed by atoms with E-state index in [9.17, 15) is 4.79 Å². The first-order valence-electron chi connectivity index (χ1n) is 4.60. The van der Waals surface area contributed by atoms with Gasteiger partial charge in [0.15, 0.2) is 0 Å². The smallest absolute Gasteiger partial charge is 0.348 e. The predicted molar refractivity (Wildman–Crippen MR) is 63.1 cm³/mol. The fourth-order valence-corrected chi connectivity index (χ4v) is 2.83. The van der Waals surface area contributed by atoms with Crippen molar-refractivity contribution < 1.29 is 9.90 Å². The lowest BCUT2D eigenvalue weighted by Gasteiger charge is -2.17. The van der Waals surface area contributed by atoms with Gasteiger partial charge in [0.25, 0.3) is 0 Å². The zero-order chi connectivity index (χ0) is 11.3. The van der Waals surface area contributed by atoms with E-state index in [1.165, 1.54) is 11.3 Å². The largest absolute Gasteiger partial charge is 0.477 e. The van der Waals surface area contributed by atoms with Crippen LogP contribution in [0.5, 0.6) is 0 Å². The Morgan fingerprint density at radius 1 is 1.56 bits per heavy atom. The van der Waals surface area contributed by atoms with Gasteiger partial charge in [0.2, 0.25) is 0 Å². The number of carbonyl (C=O) groups is 1. The molecule has 0 spiro atoms. The number of pyridine rings is 1. The summed E-state index contributed by atoms with van der Waals surface area (Å²) in [6.45, 7) is 0. The number of aromatic nitrogens is 1. The molecular weight excluding hydrogens is 226 g/mol. The van der Waals surface area contributed by atoms with Crippen molar-refractivity contribution in [1.82, 2.24) is 4.98 Å². The quantitative estimate of drug-likeness (QED) is 0.819. The van der Waals surface area contributed by atoms with Gasteiger partial charge in [-0.15, -0.1) is 11.3 Å². The molecule has 0 saturated carbocycles. The molecule has 16 heavy (non-hydrogen) atoms. The van der Waals surface area contributed by atoms with Crippen molar-refractivity contribution in [2.24, 2.45) is 4.99 Å². The van der Waals surface area contributed by atoms with Gasteiger partial charge in [-0.25, -0.2) is 14.8 Å². The molecule has 2 aromatic rings. The van der Waals surface area contributed by atoms with Crippen molar-refractivity contribution in [3.63, 3.8) is 0 Å². The Balaban J connectivity index is 2.48. The van der Waals surface area contributed by atoms with Crippen LogP contribution in [0.25, 0.3) is 10.2 Å². The molecule has 0 atom stereocenters. The minimum Gasteiger partial charge on any atom is -0.477 e. The summed E-state index contributed by atoms with van der Waals surface area (Å²) in [7, 11) is 1.79. The molecule has 1 N–H and O–H groups in total. The Morgan fingerprint density at radius 2 is 2.38 bits per heavy atom. The van der Waals surface area contributed by atoms with Crippen LogP contribution in [0.3, 0.4) is 0 Å². The predicted octanol–water partition coefficient (Wildman–Crippen LogP) is 2.10. The Labute approximate surface area is 94.7 Å². The van der Waals surface area contributed by atoms with Crippen molar-refractivity contribution in [2.45, 2.75) is 0 Å². The zero-order valence-electron chi connectivity index (χ0n) is 8.34. The fourth-order valence-electron chi connectivity index (χ4n) is 1.79. The molecule has 1 aliphatic rings. The lowest BCUT2D eigenvalue weighted by molar-refractivity contribution is 0.0703. The maximum atomic E-state index is 11.1. The first kappa shape index (κ1) is 9.29. The number of hydrogen-bond acceptors (Lipinski definition) is 5. The molecule has 0 saturated heterocycles. The van der Waals surface area contributed by atoms with Gasteiger partial charge >= 0.3 is 5.97 Å². The summed E-state index contributed by atoms with van der Waals surface area (Å²) >= 11 is 1.18. The maximum Gasteiger partial charge on any atom is 0.348 e. The van der Waals surface area contributed by atoms with Gasteiger partial charge in [0.05, 0.1) is 23.1 Å². The number of carboxylic acids is 1. The number of carboxylic acid groups (broad SMARTS) is 1. The Kier molecular flexibility index (Phi) is 1.75. The van der Waals surface area contributed by atoms with E-state index in [0.29, 0.717) is 15.4 Å². The van der Waals surface area contributed by atoms with Crippen LogP contribution in [0.15, 0.2) is 17.3 Å². The normalized spacial score (nSPS) is 13.4. The van der Waals surface area contributed by atoms with E-state index in [2.05, 4.69) is 9.98 Å². The molecule has 0 aliphatic carbocycles. The number of aliphatic imine (C=N–C) groups is 1. The molecule has 0 unspecified atom stereocenters. The topological polar surface area (TPSA) is 65.8 Å². The molecule has 3 heterocycles. The van der Waals surface area contributed by atoms with Gasteiger partial charge in [-0.3, -0.25) is 0 Å². The molecule has 0 aromatic carbocycles. The van der Waals surface area contributed by atoms with Crippen molar-refractivity contribution >= 4 is 45.2 Å². The van der Waals surface area contributed by atoms with Crippen LogP contribution in [0, 0.1) is 0 Å². The number of aromatic carboxylic acids is 1. The van der Waals surface area contributed by atoms with E-state index in [4.69, 9.17) is 5.11 Å². The Hall–Kier alpha value is -1.95. The summed E-state index contributed by atoms with van der Waals surface area (Å²) in [6, 6.07) is 1.79. The van der Waals surface area contributed by atoms with Gasteiger partial charge in [-0.05, 0) is 6.07 Å². The van der Waals surface area contributed by atoms with Gasteiger partial charge in [-0.2, -0.15) is 0 Å². The summed E-state index contributed by atoms with van der Waals surface area (Å²) in [5, 5.41) is 9.97. The molecule has 6 heteroatoms. The van der Waals surface area contributed by atoms with Crippen molar-refractivity contribution in [2.75, 3.05) is 11.9 Å². The fraction of sp³-hybridized carbons (Fsp3) is 0.100. The summed E-state index contributed by atoms with van der Waals surface area (Å²) in [5.41, 5.74) is 1.47. The van der Waals surface area contributed by atoms with E-state index >= 15 is 0 Å². The zero-order valence-corrected chi connectivity index (χ0v) is 9.15. The summed E-state index contributed by atoms with van der Waals surface area (Å²) in [4.78, 5) is 22.3. The van der Waals surface area contributed by atoms with Crippen LogP contribution < -0.4 is 4.90 Å². The molecule has 0 amide bonds. The second-order valence-electron chi connectivity index (χ2n) is 3.45. The molecule has 80 valence electrons. The second-order valence-corrected chi connectivity index (χ2v) is 4.45. The third-order valence-corrected chi connectivity index (χ3v) is 3.54. The molecule has 3 rings (SSSR count). The molecule has 1 aliphatic heterocycles. The molecule has 0 bridgehead atoms. The van der Waals surface area contributed by atoms with E-state index in [-0.39, 0.29) is 0 Å². The van der Waals surface area contributed by atoms with Crippen LogP contribution in [-0.2, 0) is 0 Å². The number of hydrogen-bond donors (Lipinski definition) is 1. The van der Waals surface area contributed by atoms with Crippen molar-refractivity contribution in [3.8, 4) is 0 Å². The molecule has 5 nitrogen and oxygen atoms in total.